The maximum atomic E-state index is 8.87. The first-order valence-electron chi connectivity index (χ1n) is 8.50. The molecule has 0 unspecified atom stereocenters. The molecule has 3 rings (SSSR count). The van der Waals surface area contributed by atoms with Gasteiger partial charge in [-0.1, -0.05) is 68.9 Å². The van der Waals surface area contributed by atoms with Gasteiger partial charge in [0, 0.05) is 18.4 Å². The zero-order chi connectivity index (χ0) is 18.7. The highest BCUT2D eigenvalue weighted by Gasteiger charge is 2.15. The lowest BCUT2D eigenvalue weighted by Gasteiger charge is -2.19. The van der Waals surface area contributed by atoms with Crippen LogP contribution >= 0.6 is 11.8 Å². The van der Waals surface area contributed by atoms with E-state index in [4.69, 9.17) is 5.26 Å². The van der Waals surface area contributed by atoms with E-state index in [1.165, 1.54) is 5.56 Å². The van der Waals surface area contributed by atoms with Crippen LogP contribution in [0, 0.1) is 11.3 Å². The van der Waals surface area contributed by atoms with Crippen LogP contribution in [-0.2, 0) is 18.2 Å². The second kappa shape index (κ2) is 7.35. The summed E-state index contributed by atoms with van der Waals surface area (Å²) in [7, 11) is 1.99. The van der Waals surface area contributed by atoms with Gasteiger partial charge in [-0.05, 0) is 28.7 Å². The third-order valence-electron chi connectivity index (χ3n) is 4.29. The molecule has 1 aromatic heterocycles. The van der Waals surface area contributed by atoms with Crippen molar-refractivity contribution in [1.29, 1.82) is 5.26 Å². The molecule has 2 aromatic carbocycles. The molecule has 0 N–H and O–H groups in total. The van der Waals surface area contributed by atoms with Gasteiger partial charge in [0.2, 0.25) is 0 Å². The van der Waals surface area contributed by atoms with Crippen LogP contribution < -0.4 is 0 Å². The van der Waals surface area contributed by atoms with Crippen molar-refractivity contribution in [3.05, 3.63) is 65.2 Å². The van der Waals surface area contributed by atoms with Gasteiger partial charge < -0.3 is 4.57 Å². The second-order valence-electron chi connectivity index (χ2n) is 7.29. The maximum Gasteiger partial charge on any atom is 0.191 e. The topological polar surface area (TPSA) is 54.5 Å². The lowest BCUT2D eigenvalue weighted by atomic mass is 9.87. The van der Waals surface area contributed by atoms with Crippen molar-refractivity contribution in [3.8, 4) is 17.5 Å². The summed E-state index contributed by atoms with van der Waals surface area (Å²) in [6, 6.07) is 18.3. The van der Waals surface area contributed by atoms with Crippen LogP contribution in [0.4, 0.5) is 0 Å². The molecule has 132 valence electrons. The fraction of sp³-hybridized carbons (Fsp3) is 0.286. The summed E-state index contributed by atoms with van der Waals surface area (Å²) in [5, 5.41) is 18.4. The van der Waals surface area contributed by atoms with Gasteiger partial charge >= 0.3 is 0 Å². The molecule has 0 spiro atoms. The normalized spacial score (nSPS) is 11.3. The van der Waals surface area contributed by atoms with E-state index >= 15 is 0 Å². The van der Waals surface area contributed by atoms with Crippen LogP contribution in [0.2, 0.25) is 0 Å². The van der Waals surface area contributed by atoms with Gasteiger partial charge in [-0.25, -0.2) is 0 Å². The lowest BCUT2D eigenvalue weighted by Crippen LogP contribution is -2.10. The highest BCUT2D eigenvalue weighted by atomic mass is 32.2. The summed E-state index contributed by atoms with van der Waals surface area (Å²) in [6.07, 6.45) is 0. The molecule has 0 atom stereocenters. The molecule has 0 aliphatic carbocycles. The Bertz CT molecular complexity index is 926. The standard InChI is InChI=1S/C21H22N4S/c1-21(2,3)18-11-9-17(10-12-18)19-23-24-20(25(19)4)26-14-16-7-5-15(13-22)6-8-16/h5-12H,14H2,1-4H3. The highest BCUT2D eigenvalue weighted by molar-refractivity contribution is 7.98. The average molecular weight is 363 g/mol. The van der Waals surface area contributed by atoms with Crippen LogP contribution in [0.1, 0.15) is 37.5 Å². The van der Waals surface area contributed by atoms with Crippen LogP contribution in [0.25, 0.3) is 11.4 Å². The van der Waals surface area contributed by atoms with E-state index in [0.717, 1.165) is 27.9 Å². The Balaban J connectivity index is 1.74. The molecule has 0 amide bonds. The van der Waals surface area contributed by atoms with E-state index in [1.54, 1.807) is 11.8 Å². The van der Waals surface area contributed by atoms with Crippen LogP contribution in [0.3, 0.4) is 0 Å². The molecular weight excluding hydrogens is 340 g/mol. The van der Waals surface area contributed by atoms with Crippen molar-refractivity contribution < 1.29 is 0 Å². The molecule has 0 saturated carbocycles. The summed E-state index contributed by atoms with van der Waals surface area (Å²) in [5.41, 5.74) is 4.35. The zero-order valence-corrected chi connectivity index (χ0v) is 16.3. The van der Waals surface area contributed by atoms with Crippen molar-refractivity contribution in [1.82, 2.24) is 14.8 Å². The Labute approximate surface area is 158 Å². The number of aromatic nitrogens is 3. The second-order valence-corrected chi connectivity index (χ2v) is 8.23. The van der Waals surface area contributed by atoms with E-state index in [1.807, 2.05) is 35.9 Å². The van der Waals surface area contributed by atoms with Gasteiger partial charge in [-0.3, -0.25) is 0 Å². The summed E-state index contributed by atoms with van der Waals surface area (Å²) < 4.78 is 2.03. The van der Waals surface area contributed by atoms with Crippen LogP contribution in [0.15, 0.2) is 53.7 Å². The van der Waals surface area contributed by atoms with Crippen molar-refractivity contribution in [2.75, 3.05) is 0 Å². The maximum absolute atomic E-state index is 8.87. The number of rotatable bonds is 4. The Morgan fingerprint density at radius 3 is 2.23 bits per heavy atom. The third kappa shape index (κ3) is 3.97. The van der Waals surface area contributed by atoms with Crippen molar-refractivity contribution in [2.45, 2.75) is 37.1 Å². The molecule has 0 aliphatic rings. The minimum absolute atomic E-state index is 0.139. The van der Waals surface area contributed by atoms with Crippen LogP contribution in [-0.4, -0.2) is 14.8 Å². The Kier molecular flexibility index (Phi) is 5.15. The average Bonchev–Trinajstić information content (AvgIpc) is 3.00. The minimum atomic E-state index is 0.139. The van der Waals surface area contributed by atoms with E-state index < -0.39 is 0 Å². The molecule has 3 aromatic rings. The largest absolute Gasteiger partial charge is 0.305 e. The van der Waals surface area contributed by atoms with E-state index in [2.05, 4.69) is 61.3 Å². The predicted octanol–water partition coefficient (Wildman–Crippen LogP) is 4.94. The summed E-state index contributed by atoms with van der Waals surface area (Å²) in [6.45, 7) is 6.63. The first-order chi connectivity index (χ1) is 12.4. The Hall–Kier alpha value is -2.58. The molecule has 26 heavy (non-hydrogen) atoms. The van der Waals surface area contributed by atoms with Gasteiger partial charge in [-0.15, -0.1) is 10.2 Å². The van der Waals surface area contributed by atoms with Gasteiger partial charge in [-0.2, -0.15) is 5.26 Å². The SMILES string of the molecule is Cn1c(SCc2ccc(C#N)cc2)nnc1-c1ccc(C(C)(C)C)cc1. The Morgan fingerprint density at radius 1 is 1.00 bits per heavy atom. The number of nitriles is 1. The quantitative estimate of drug-likeness (QED) is 0.617. The van der Waals surface area contributed by atoms with Crippen molar-refractivity contribution in [3.63, 3.8) is 0 Å². The molecule has 0 radical (unpaired) electrons. The van der Waals surface area contributed by atoms with Gasteiger partial charge in [0.1, 0.15) is 0 Å². The lowest BCUT2D eigenvalue weighted by molar-refractivity contribution is 0.590. The van der Waals surface area contributed by atoms with Gasteiger partial charge in [0.25, 0.3) is 0 Å². The summed E-state index contributed by atoms with van der Waals surface area (Å²) in [4.78, 5) is 0. The molecule has 5 heteroatoms. The third-order valence-corrected chi connectivity index (χ3v) is 5.39. The van der Waals surface area contributed by atoms with Crippen molar-refractivity contribution >= 4 is 11.8 Å². The number of thioether (sulfide) groups is 1. The van der Waals surface area contributed by atoms with E-state index in [0.29, 0.717) is 5.56 Å². The number of hydrogen-bond donors (Lipinski definition) is 0. The fourth-order valence-corrected chi connectivity index (χ4v) is 3.50. The summed E-state index contributed by atoms with van der Waals surface area (Å²) >= 11 is 1.64. The first-order valence-corrected chi connectivity index (χ1v) is 9.49. The number of benzene rings is 2. The molecule has 0 fully saturated rings. The smallest absolute Gasteiger partial charge is 0.191 e. The van der Waals surface area contributed by atoms with E-state index in [9.17, 15) is 0 Å². The fourth-order valence-electron chi connectivity index (χ4n) is 2.63. The number of hydrogen-bond acceptors (Lipinski definition) is 4. The minimum Gasteiger partial charge on any atom is -0.305 e. The zero-order valence-electron chi connectivity index (χ0n) is 15.5. The Morgan fingerprint density at radius 2 is 1.65 bits per heavy atom. The van der Waals surface area contributed by atoms with Gasteiger partial charge in [0.15, 0.2) is 11.0 Å². The molecule has 0 bridgehead atoms. The molecule has 0 aliphatic heterocycles. The van der Waals surface area contributed by atoms with Crippen molar-refractivity contribution in [2.24, 2.45) is 7.05 Å². The monoisotopic (exact) mass is 362 g/mol. The predicted molar refractivity (Wildman–Crippen MR) is 106 cm³/mol. The molecular formula is C21H22N4S. The van der Waals surface area contributed by atoms with Crippen LogP contribution in [0.5, 0.6) is 0 Å². The first kappa shape index (κ1) is 18.2. The number of nitrogens with zero attached hydrogens (tertiary/aromatic N) is 4. The van der Waals surface area contributed by atoms with E-state index in [-0.39, 0.29) is 5.41 Å². The van der Waals surface area contributed by atoms with Gasteiger partial charge in [0.05, 0.1) is 11.6 Å². The summed E-state index contributed by atoms with van der Waals surface area (Å²) in [5.74, 6) is 1.66. The molecule has 1 heterocycles. The highest BCUT2D eigenvalue weighted by Crippen LogP contribution is 2.28. The molecule has 4 nitrogen and oxygen atoms in total. The molecule has 0 saturated heterocycles.